The van der Waals surface area contributed by atoms with Crippen molar-refractivity contribution in [2.24, 2.45) is 0 Å². The molecule has 3 aromatic carbocycles. The lowest BCUT2D eigenvalue weighted by Gasteiger charge is -2.19. The van der Waals surface area contributed by atoms with E-state index >= 15 is 0 Å². The molecular weight excluding hydrogens is 405 g/mol. The number of rotatable bonds is 5. The van der Waals surface area contributed by atoms with Gasteiger partial charge in [0.15, 0.2) is 5.76 Å². The van der Waals surface area contributed by atoms with E-state index in [1.54, 1.807) is 6.07 Å². The molecule has 152 valence electrons. The average molecular weight is 424 g/mol. The van der Waals surface area contributed by atoms with Crippen LogP contribution in [-0.4, -0.2) is 22.8 Å². The van der Waals surface area contributed by atoms with Gasteiger partial charge in [0.2, 0.25) is 5.78 Å². The molecule has 0 radical (unpaired) electrons. The molecule has 0 unspecified atom stereocenters. The second-order valence-corrected chi connectivity index (χ2v) is 7.58. The number of hydrogen-bond donors (Lipinski definition) is 1. The summed E-state index contributed by atoms with van der Waals surface area (Å²) in [5, 5.41) is 10.6. The van der Waals surface area contributed by atoms with Crippen LogP contribution in [0.2, 0.25) is 5.02 Å². The lowest BCUT2D eigenvalue weighted by Crippen LogP contribution is -2.17. The number of phenols is 1. The number of halogens is 2. The van der Waals surface area contributed by atoms with E-state index in [2.05, 4.69) is 0 Å². The minimum atomic E-state index is -0.548. The van der Waals surface area contributed by atoms with Gasteiger partial charge in [-0.15, -0.1) is 0 Å². The summed E-state index contributed by atoms with van der Waals surface area (Å²) in [6, 6.07) is 17.2. The van der Waals surface area contributed by atoms with Gasteiger partial charge in [-0.25, -0.2) is 4.39 Å². The minimum absolute atomic E-state index is 0.0328. The fraction of sp³-hybridized carbons (Fsp3) is 0.125. The number of Topliss-reactive ketones (excluding diaryl/α,β-unsaturated/α-hetero) is 1. The molecule has 1 N–H and O–H groups in total. The van der Waals surface area contributed by atoms with Crippen molar-refractivity contribution in [1.29, 1.82) is 0 Å². The van der Waals surface area contributed by atoms with E-state index in [4.69, 9.17) is 16.3 Å². The summed E-state index contributed by atoms with van der Waals surface area (Å²) < 4.78 is 19.9. The molecule has 0 saturated carbocycles. The number of carbonyl (C=O) groups is 1. The van der Waals surface area contributed by atoms with E-state index in [0.717, 1.165) is 5.56 Å². The van der Waals surface area contributed by atoms with Crippen LogP contribution in [0.1, 0.15) is 27.0 Å². The van der Waals surface area contributed by atoms with Crippen LogP contribution in [0.25, 0.3) is 6.08 Å². The Hall–Kier alpha value is -3.15. The summed E-state index contributed by atoms with van der Waals surface area (Å²) in [7, 11) is 1.92. The van der Waals surface area contributed by atoms with Gasteiger partial charge in [0, 0.05) is 18.7 Å². The van der Waals surface area contributed by atoms with Crippen molar-refractivity contribution >= 4 is 23.5 Å². The Bertz CT molecular complexity index is 1120. The van der Waals surface area contributed by atoms with Crippen molar-refractivity contribution in [2.45, 2.75) is 13.1 Å². The van der Waals surface area contributed by atoms with E-state index in [1.807, 2.05) is 42.3 Å². The highest BCUT2D eigenvalue weighted by Crippen LogP contribution is 2.40. The summed E-state index contributed by atoms with van der Waals surface area (Å²) >= 11 is 6.07. The summed E-state index contributed by atoms with van der Waals surface area (Å²) in [4.78, 5) is 14.8. The Kier molecular flexibility index (Phi) is 5.57. The highest BCUT2D eigenvalue weighted by Gasteiger charge is 2.31. The molecule has 4 nitrogen and oxygen atoms in total. The van der Waals surface area contributed by atoms with Crippen molar-refractivity contribution < 1.29 is 19.0 Å². The zero-order chi connectivity index (χ0) is 21.3. The number of fused-ring (bicyclic) bond motifs is 1. The highest BCUT2D eigenvalue weighted by molar-refractivity contribution is 6.32. The number of carbonyl (C=O) groups excluding carboxylic acids is 1. The molecule has 0 atom stereocenters. The van der Waals surface area contributed by atoms with Gasteiger partial charge < -0.3 is 9.84 Å². The second kappa shape index (κ2) is 8.30. The van der Waals surface area contributed by atoms with Crippen LogP contribution >= 0.6 is 11.6 Å². The third-order valence-corrected chi connectivity index (χ3v) is 5.24. The first-order valence-electron chi connectivity index (χ1n) is 9.39. The van der Waals surface area contributed by atoms with Gasteiger partial charge in [0.05, 0.1) is 16.1 Å². The highest BCUT2D eigenvalue weighted by atomic mass is 35.5. The van der Waals surface area contributed by atoms with Gasteiger partial charge in [-0.1, -0.05) is 48.0 Å². The van der Waals surface area contributed by atoms with Crippen LogP contribution < -0.4 is 4.74 Å². The first kappa shape index (κ1) is 20.1. The van der Waals surface area contributed by atoms with Gasteiger partial charge in [-0.05, 0) is 43.0 Å². The van der Waals surface area contributed by atoms with E-state index in [-0.39, 0.29) is 27.9 Å². The Balaban J connectivity index is 1.64. The Labute approximate surface area is 178 Å². The predicted molar refractivity (Wildman–Crippen MR) is 114 cm³/mol. The van der Waals surface area contributed by atoms with Gasteiger partial charge in [-0.2, -0.15) is 0 Å². The molecule has 4 rings (SSSR count). The second-order valence-electron chi connectivity index (χ2n) is 7.17. The number of phenolic OH excluding ortho intramolecular Hbond substituents is 1. The Morgan fingerprint density at radius 3 is 2.57 bits per heavy atom. The van der Waals surface area contributed by atoms with Crippen molar-refractivity contribution in [3.8, 4) is 11.5 Å². The molecule has 1 aliphatic heterocycles. The van der Waals surface area contributed by atoms with Crippen LogP contribution in [0.5, 0.6) is 11.5 Å². The number of nitrogens with zero attached hydrogens (tertiary/aromatic N) is 1. The van der Waals surface area contributed by atoms with Crippen LogP contribution in [-0.2, 0) is 13.1 Å². The van der Waals surface area contributed by atoms with Crippen LogP contribution in [0.3, 0.4) is 0 Å². The van der Waals surface area contributed by atoms with E-state index < -0.39 is 5.82 Å². The van der Waals surface area contributed by atoms with E-state index in [0.29, 0.717) is 30.0 Å². The zero-order valence-electron chi connectivity index (χ0n) is 16.2. The zero-order valence-corrected chi connectivity index (χ0v) is 17.0. The van der Waals surface area contributed by atoms with Gasteiger partial charge in [0.25, 0.3) is 0 Å². The molecule has 6 heteroatoms. The number of ketones is 1. The van der Waals surface area contributed by atoms with Crippen molar-refractivity contribution in [3.63, 3.8) is 0 Å². The lowest BCUT2D eigenvalue weighted by molar-refractivity contribution is 0.101. The summed E-state index contributed by atoms with van der Waals surface area (Å²) in [6.45, 7) is 1.02. The largest absolute Gasteiger partial charge is 0.507 e. The predicted octanol–water partition coefficient (Wildman–Crippen LogP) is 5.43. The number of hydrogen-bond acceptors (Lipinski definition) is 4. The first-order valence-corrected chi connectivity index (χ1v) is 9.77. The monoisotopic (exact) mass is 423 g/mol. The van der Waals surface area contributed by atoms with Crippen LogP contribution in [0.15, 0.2) is 66.4 Å². The van der Waals surface area contributed by atoms with Crippen molar-refractivity contribution in [2.75, 3.05) is 7.05 Å². The van der Waals surface area contributed by atoms with E-state index in [9.17, 15) is 14.3 Å². The fourth-order valence-electron chi connectivity index (χ4n) is 3.45. The summed E-state index contributed by atoms with van der Waals surface area (Å²) in [5.41, 5.74) is 2.04. The SMILES string of the molecule is CN(Cc1ccccc1)Cc1c(O)ccc2c1O/C(=C\c1c(F)cccc1Cl)C2=O. The maximum atomic E-state index is 14.1. The molecule has 0 aliphatic carbocycles. The summed E-state index contributed by atoms with van der Waals surface area (Å²) in [5.74, 6) is -0.635. The average Bonchev–Trinajstić information content (AvgIpc) is 3.03. The minimum Gasteiger partial charge on any atom is -0.507 e. The molecule has 0 amide bonds. The topological polar surface area (TPSA) is 49.8 Å². The van der Waals surface area contributed by atoms with Crippen molar-refractivity contribution in [3.05, 3.63) is 99.5 Å². The number of benzene rings is 3. The third-order valence-electron chi connectivity index (χ3n) is 4.91. The maximum absolute atomic E-state index is 14.1. The number of aromatic hydroxyl groups is 1. The molecule has 0 aromatic heterocycles. The van der Waals surface area contributed by atoms with Gasteiger partial charge in [-0.3, -0.25) is 9.69 Å². The molecule has 0 saturated heterocycles. The Morgan fingerprint density at radius 1 is 1.07 bits per heavy atom. The number of allylic oxidation sites excluding steroid dienone is 1. The molecule has 30 heavy (non-hydrogen) atoms. The molecule has 3 aromatic rings. The van der Waals surface area contributed by atoms with Gasteiger partial charge >= 0.3 is 0 Å². The van der Waals surface area contributed by atoms with Gasteiger partial charge in [0.1, 0.15) is 17.3 Å². The van der Waals surface area contributed by atoms with Crippen LogP contribution in [0, 0.1) is 5.82 Å². The molecule has 0 bridgehead atoms. The number of ether oxygens (including phenoxy) is 1. The molecule has 0 fully saturated rings. The Morgan fingerprint density at radius 2 is 1.83 bits per heavy atom. The molecule has 1 aliphatic rings. The maximum Gasteiger partial charge on any atom is 0.231 e. The van der Waals surface area contributed by atoms with E-state index in [1.165, 1.54) is 30.3 Å². The lowest BCUT2D eigenvalue weighted by atomic mass is 10.0. The fourth-order valence-corrected chi connectivity index (χ4v) is 3.67. The molecule has 1 heterocycles. The van der Waals surface area contributed by atoms with Crippen molar-refractivity contribution in [1.82, 2.24) is 4.90 Å². The smallest absolute Gasteiger partial charge is 0.231 e. The molecule has 0 spiro atoms. The standard InChI is InChI=1S/C24H19ClFNO3/c1-27(13-15-6-3-2-4-7-15)14-18-21(28)11-10-16-23(29)22(30-24(16)18)12-17-19(25)8-5-9-20(17)26/h2-12,28H,13-14H2,1H3/b22-12-. The normalized spacial score (nSPS) is 14.3. The first-order chi connectivity index (χ1) is 14.4. The summed E-state index contributed by atoms with van der Waals surface area (Å²) in [6.07, 6.45) is 1.30. The third kappa shape index (κ3) is 3.95. The quantitative estimate of drug-likeness (QED) is 0.556. The molecular formula is C24H19ClFNO3. The van der Waals surface area contributed by atoms with Crippen LogP contribution in [0.4, 0.5) is 4.39 Å².